The van der Waals surface area contributed by atoms with E-state index in [1.807, 2.05) is 52.5 Å². The molecular formula is C25H29N3O4S. The van der Waals surface area contributed by atoms with Crippen LogP contribution in [0, 0.1) is 5.41 Å². The monoisotopic (exact) mass is 467 g/mol. The first-order valence-electron chi connectivity index (χ1n) is 11.2. The summed E-state index contributed by atoms with van der Waals surface area (Å²) in [4.78, 5) is 46.1. The van der Waals surface area contributed by atoms with Gasteiger partial charge >= 0.3 is 5.97 Å². The number of ether oxygens (including phenoxy) is 1. The van der Waals surface area contributed by atoms with E-state index in [2.05, 4.69) is 4.98 Å². The topological polar surface area (TPSA) is 79.8 Å². The highest BCUT2D eigenvalue weighted by atomic mass is 32.2. The molecule has 1 aromatic carbocycles. The zero-order chi connectivity index (χ0) is 23.4. The van der Waals surface area contributed by atoms with Gasteiger partial charge in [0.25, 0.3) is 11.8 Å². The lowest BCUT2D eigenvalue weighted by Crippen LogP contribution is -2.45. The molecule has 2 aromatic rings. The summed E-state index contributed by atoms with van der Waals surface area (Å²) < 4.78 is 5.41. The smallest absolute Gasteiger partial charge is 0.303 e. The first-order chi connectivity index (χ1) is 15.9. The molecule has 7 nitrogen and oxygen atoms in total. The molecule has 2 fully saturated rings. The van der Waals surface area contributed by atoms with Crippen molar-refractivity contribution in [1.29, 1.82) is 0 Å². The molecule has 2 aliphatic rings. The number of amides is 2. The van der Waals surface area contributed by atoms with Gasteiger partial charge in [0.05, 0.1) is 5.56 Å². The lowest BCUT2D eigenvalue weighted by atomic mass is 9.77. The van der Waals surface area contributed by atoms with E-state index in [0.717, 1.165) is 24.3 Å². The average Bonchev–Trinajstić information content (AvgIpc) is 3.26. The SMILES string of the molecule is CSc1ncccc1C(=O)N1CCC2(CC1)CCN(C(=O)C(OC(C)=O)c1ccccc1)C2. The van der Waals surface area contributed by atoms with Crippen LogP contribution in [0.2, 0.25) is 0 Å². The molecule has 1 unspecified atom stereocenters. The number of benzene rings is 1. The Morgan fingerprint density at radius 2 is 1.67 bits per heavy atom. The number of likely N-dealkylation sites (tertiary alicyclic amines) is 2. The predicted molar refractivity (Wildman–Crippen MR) is 126 cm³/mol. The number of carbonyl (C=O) groups is 3. The van der Waals surface area contributed by atoms with Crippen molar-refractivity contribution in [2.75, 3.05) is 32.4 Å². The molecule has 33 heavy (non-hydrogen) atoms. The molecular weight excluding hydrogens is 438 g/mol. The highest BCUT2D eigenvalue weighted by Gasteiger charge is 2.44. The van der Waals surface area contributed by atoms with Gasteiger partial charge in [-0.15, -0.1) is 11.8 Å². The lowest BCUT2D eigenvalue weighted by Gasteiger charge is -2.39. The fraction of sp³-hybridized carbons (Fsp3) is 0.440. The third-order valence-electron chi connectivity index (χ3n) is 6.67. The maximum atomic E-state index is 13.3. The third-order valence-corrected chi connectivity index (χ3v) is 7.38. The number of rotatable bonds is 5. The van der Waals surface area contributed by atoms with E-state index in [1.165, 1.54) is 18.7 Å². The zero-order valence-electron chi connectivity index (χ0n) is 19.0. The number of piperidine rings is 1. The van der Waals surface area contributed by atoms with Gasteiger partial charge in [0.15, 0.2) is 0 Å². The van der Waals surface area contributed by atoms with Crippen LogP contribution in [0.5, 0.6) is 0 Å². The molecule has 1 aromatic heterocycles. The van der Waals surface area contributed by atoms with Crippen molar-refractivity contribution in [3.8, 4) is 0 Å². The van der Waals surface area contributed by atoms with Gasteiger partial charge in [-0.3, -0.25) is 14.4 Å². The Balaban J connectivity index is 1.41. The normalized spacial score (nSPS) is 18.2. The summed E-state index contributed by atoms with van der Waals surface area (Å²) in [5, 5.41) is 0.748. The van der Waals surface area contributed by atoms with Crippen molar-refractivity contribution in [2.24, 2.45) is 5.41 Å². The van der Waals surface area contributed by atoms with Gasteiger partial charge in [0.2, 0.25) is 6.10 Å². The number of carbonyl (C=O) groups excluding carboxylic acids is 3. The molecule has 0 N–H and O–H groups in total. The number of aromatic nitrogens is 1. The van der Waals surface area contributed by atoms with Crippen LogP contribution in [-0.2, 0) is 14.3 Å². The molecule has 2 aliphatic heterocycles. The summed E-state index contributed by atoms with van der Waals surface area (Å²) in [5.41, 5.74) is 1.33. The van der Waals surface area contributed by atoms with Gasteiger partial charge in [-0.05, 0) is 43.1 Å². The Hall–Kier alpha value is -2.87. The quantitative estimate of drug-likeness (QED) is 0.494. The maximum absolute atomic E-state index is 13.3. The minimum atomic E-state index is -0.920. The highest BCUT2D eigenvalue weighted by molar-refractivity contribution is 7.98. The first kappa shape index (κ1) is 23.3. The molecule has 2 saturated heterocycles. The van der Waals surface area contributed by atoms with Crippen molar-refractivity contribution in [3.63, 3.8) is 0 Å². The van der Waals surface area contributed by atoms with E-state index in [0.29, 0.717) is 37.3 Å². The van der Waals surface area contributed by atoms with Crippen molar-refractivity contribution >= 4 is 29.5 Å². The van der Waals surface area contributed by atoms with Crippen LogP contribution in [0.15, 0.2) is 53.7 Å². The number of nitrogens with zero attached hydrogens (tertiary/aromatic N) is 3. The van der Waals surface area contributed by atoms with Crippen molar-refractivity contribution in [2.45, 2.75) is 37.3 Å². The van der Waals surface area contributed by atoms with Gasteiger partial charge in [-0.1, -0.05) is 30.3 Å². The van der Waals surface area contributed by atoms with E-state index in [-0.39, 0.29) is 17.2 Å². The standard InChI is InChI=1S/C25H29N3O4S/c1-18(29)32-21(19-7-4-3-5-8-19)24(31)28-16-12-25(17-28)10-14-27(15-11-25)23(30)20-9-6-13-26-22(20)33-2/h3-9,13,21H,10-12,14-17H2,1-2H3. The Bertz CT molecular complexity index is 1020. The van der Waals surface area contributed by atoms with Gasteiger partial charge in [0.1, 0.15) is 5.03 Å². The van der Waals surface area contributed by atoms with Crippen LogP contribution in [-0.4, -0.2) is 65.0 Å². The third kappa shape index (κ3) is 5.05. The summed E-state index contributed by atoms with van der Waals surface area (Å²) >= 11 is 1.48. The Morgan fingerprint density at radius 3 is 2.30 bits per heavy atom. The van der Waals surface area contributed by atoms with Crippen molar-refractivity contribution < 1.29 is 19.1 Å². The predicted octanol–water partition coefficient (Wildman–Crippen LogP) is 3.56. The van der Waals surface area contributed by atoms with Gasteiger partial charge in [0, 0.05) is 44.9 Å². The highest BCUT2D eigenvalue weighted by Crippen LogP contribution is 2.41. The number of pyridine rings is 1. The van der Waals surface area contributed by atoms with E-state index in [4.69, 9.17) is 4.74 Å². The second-order valence-electron chi connectivity index (χ2n) is 8.76. The Morgan fingerprint density at radius 1 is 1.00 bits per heavy atom. The molecule has 0 bridgehead atoms. The van der Waals surface area contributed by atoms with Crippen LogP contribution >= 0.6 is 11.8 Å². The zero-order valence-corrected chi connectivity index (χ0v) is 19.8. The number of hydrogen-bond acceptors (Lipinski definition) is 6. The summed E-state index contributed by atoms with van der Waals surface area (Å²) in [7, 11) is 0. The van der Waals surface area contributed by atoms with Gasteiger partial charge < -0.3 is 14.5 Å². The van der Waals surface area contributed by atoms with Crippen LogP contribution in [0.25, 0.3) is 0 Å². The van der Waals surface area contributed by atoms with Gasteiger partial charge in [-0.25, -0.2) is 4.98 Å². The van der Waals surface area contributed by atoms with E-state index in [1.54, 1.807) is 12.3 Å². The van der Waals surface area contributed by atoms with Crippen LogP contribution in [0.1, 0.15) is 48.2 Å². The second kappa shape index (κ2) is 9.95. The maximum Gasteiger partial charge on any atom is 0.303 e. The number of hydrogen-bond donors (Lipinski definition) is 0. The molecule has 4 rings (SSSR count). The second-order valence-corrected chi connectivity index (χ2v) is 9.56. The number of esters is 1. The van der Waals surface area contributed by atoms with E-state index in [9.17, 15) is 14.4 Å². The first-order valence-corrected chi connectivity index (χ1v) is 12.4. The molecule has 174 valence electrons. The summed E-state index contributed by atoms with van der Waals surface area (Å²) in [6.45, 7) is 3.91. The Kier molecular flexibility index (Phi) is 7.02. The van der Waals surface area contributed by atoms with Crippen molar-refractivity contribution in [3.05, 3.63) is 59.8 Å². The minimum Gasteiger partial charge on any atom is -0.447 e. The fourth-order valence-corrected chi connectivity index (χ4v) is 5.36. The summed E-state index contributed by atoms with van der Waals surface area (Å²) in [5.74, 6) is -0.628. The molecule has 8 heteroatoms. The van der Waals surface area contributed by atoms with Crippen molar-refractivity contribution in [1.82, 2.24) is 14.8 Å². The molecule has 2 amide bonds. The largest absolute Gasteiger partial charge is 0.447 e. The molecule has 0 saturated carbocycles. The van der Waals surface area contributed by atoms with Gasteiger partial charge in [-0.2, -0.15) is 0 Å². The number of thioether (sulfide) groups is 1. The average molecular weight is 468 g/mol. The molecule has 3 heterocycles. The Labute approximate surface area is 198 Å². The van der Waals surface area contributed by atoms with Crippen LogP contribution in [0.3, 0.4) is 0 Å². The van der Waals surface area contributed by atoms with E-state index >= 15 is 0 Å². The van der Waals surface area contributed by atoms with Crippen LogP contribution < -0.4 is 0 Å². The molecule has 0 radical (unpaired) electrons. The molecule has 0 aliphatic carbocycles. The summed E-state index contributed by atoms with van der Waals surface area (Å²) in [6.07, 6.45) is 5.30. The minimum absolute atomic E-state index is 0.00117. The lowest BCUT2D eigenvalue weighted by molar-refractivity contribution is -0.159. The summed E-state index contributed by atoms with van der Waals surface area (Å²) in [6, 6.07) is 12.8. The van der Waals surface area contributed by atoms with E-state index < -0.39 is 12.1 Å². The fourth-order valence-electron chi connectivity index (χ4n) is 4.82. The van der Waals surface area contributed by atoms with Crippen LogP contribution in [0.4, 0.5) is 0 Å². The molecule has 1 spiro atoms. The molecule has 1 atom stereocenters.